The number of carboxylic acid groups (broad SMARTS) is 1. The molecular formula is C25H22FN7O4. The number of benzene rings is 1. The van der Waals surface area contributed by atoms with E-state index in [0.717, 1.165) is 10.6 Å². The Morgan fingerprint density at radius 1 is 1.14 bits per heavy atom. The van der Waals surface area contributed by atoms with Crippen molar-refractivity contribution in [3.05, 3.63) is 66.4 Å². The maximum absolute atomic E-state index is 13.6. The van der Waals surface area contributed by atoms with Gasteiger partial charge in [-0.15, -0.1) is 0 Å². The number of nitrogens with zero attached hydrogens (tertiary/aromatic N) is 6. The molecule has 1 saturated heterocycles. The number of rotatable bonds is 4. The summed E-state index contributed by atoms with van der Waals surface area (Å²) in [5, 5.41) is 22.6. The maximum atomic E-state index is 13.6. The molecule has 37 heavy (non-hydrogen) atoms. The summed E-state index contributed by atoms with van der Waals surface area (Å²) < 4.78 is 15.4. The van der Waals surface area contributed by atoms with Gasteiger partial charge in [0.1, 0.15) is 18.1 Å². The molecular weight excluding hydrogens is 481 g/mol. The number of aliphatic hydroxyl groups is 1. The highest BCUT2D eigenvalue weighted by Crippen LogP contribution is 2.38. The fraction of sp³-hybridized carbons (Fsp3) is 0.240. The zero-order valence-corrected chi connectivity index (χ0v) is 19.5. The Balaban J connectivity index is 1.34. The van der Waals surface area contributed by atoms with E-state index in [4.69, 9.17) is 0 Å². The highest BCUT2D eigenvalue weighted by molar-refractivity contribution is 6.11. The number of fused-ring (bicyclic) bond motifs is 2. The van der Waals surface area contributed by atoms with E-state index in [9.17, 15) is 24.2 Å². The van der Waals surface area contributed by atoms with Gasteiger partial charge in [-0.1, -0.05) is 6.07 Å². The molecule has 1 aromatic carbocycles. The molecule has 0 saturated carbocycles. The first-order chi connectivity index (χ1) is 17.9. The lowest BCUT2D eigenvalue weighted by molar-refractivity contribution is 0.0645. The lowest BCUT2D eigenvalue weighted by Gasteiger charge is -2.33. The Kier molecular flexibility index (Phi) is 5.45. The van der Waals surface area contributed by atoms with Gasteiger partial charge in [0.2, 0.25) is 0 Å². The lowest BCUT2D eigenvalue weighted by Crippen LogP contribution is -2.45. The molecule has 2 aliphatic rings. The minimum atomic E-state index is -1.33. The molecule has 188 valence electrons. The van der Waals surface area contributed by atoms with Crippen LogP contribution in [0.15, 0.2) is 55.2 Å². The Labute approximate surface area is 209 Å². The summed E-state index contributed by atoms with van der Waals surface area (Å²) >= 11 is 0. The van der Waals surface area contributed by atoms with E-state index in [1.807, 2.05) is 15.4 Å². The average molecular weight is 503 g/mol. The van der Waals surface area contributed by atoms with Crippen molar-refractivity contribution in [2.45, 2.75) is 25.2 Å². The molecule has 3 aromatic heterocycles. The van der Waals surface area contributed by atoms with Crippen molar-refractivity contribution in [3.63, 3.8) is 0 Å². The van der Waals surface area contributed by atoms with Crippen LogP contribution in [0.2, 0.25) is 0 Å². The number of imidazole rings is 1. The van der Waals surface area contributed by atoms with Crippen LogP contribution >= 0.6 is 0 Å². The van der Waals surface area contributed by atoms with Gasteiger partial charge in [0.25, 0.3) is 5.91 Å². The predicted octanol–water partition coefficient (Wildman–Crippen LogP) is 3.08. The van der Waals surface area contributed by atoms with Crippen LogP contribution in [-0.2, 0) is 6.54 Å². The molecule has 12 heteroatoms. The number of pyridine rings is 1. The minimum Gasteiger partial charge on any atom is -0.465 e. The van der Waals surface area contributed by atoms with E-state index in [1.165, 1.54) is 0 Å². The third kappa shape index (κ3) is 3.91. The SMILES string of the molecule is O=C(O)N1Cc2c(-c3cnc4cnccn34)ccc(Nc3ccc(N4CC[C@H](F)[C@@H](O)C4)cn3)c2C1=O. The van der Waals surface area contributed by atoms with Crippen molar-refractivity contribution in [2.75, 3.05) is 23.3 Å². The van der Waals surface area contributed by atoms with Crippen LogP contribution in [-0.4, -0.2) is 71.8 Å². The molecule has 0 spiro atoms. The number of hydrogen-bond donors (Lipinski definition) is 3. The van der Waals surface area contributed by atoms with Gasteiger partial charge in [0.05, 0.1) is 47.8 Å². The molecule has 0 bridgehead atoms. The smallest absolute Gasteiger partial charge is 0.414 e. The Bertz CT molecular complexity index is 1520. The lowest BCUT2D eigenvalue weighted by atomic mass is 9.99. The van der Waals surface area contributed by atoms with Crippen LogP contribution in [0, 0.1) is 0 Å². The van der Waals surface area contributed by atoms with Crippen molar-refractivity contribution in [2.24, 2.45) is 0 Å². The Morgan fingerprint density at radius 3 is 2.76 bits per heavy atom. The fourth-order valence-corrected chi connectivity index (χ4v) is 4.88. The third-order valence-corrected chi connectivity index (χ3v) is 6.79. The maximum Gasteiger partial charge on any atom is 0.414 e. The first-order valence-electron chi connectivity index (χ1n) is 11.7. The molecule has 0 aliphatic carbocycles. The zero-order valence-electron chi connectivity index (χ0n) is 19.5. The van der Waals surface area contributed by atoms with Gasteiger partial charge >= 0.3 is 6.09 Å². The van der Waals surface area contributed by atoms with Gasteiger partial charge in [0, 0.05) is 31.0 Å². The number of β-amino-alcohol motifs (C(OH)–C–C–N with tert-alkyl or cyclic N) is 1. The molecule has 3 N–H and O–H groups in total. The van der Waals surface area contributed by atoms with E-state index in [-0.39, 0.29) is 25.1 Å². The summed E-state index contributed by atoms with van der Waals surface area (Å²) in [6.45, 7) is 0.565. The Hall–Kier alpha value is -4.58. The van der Waals surface area contributed by atoms with Crippen molar-refractivity contribution < 1.29 is 24.2 Å². The second-order valence-corrected chi connectivity index (χ2v) is 8.98. The number of amides is 2. The molecule has 2 atom stereocenters. The molecule has 0 unspecified atom stereocenters. The number of piperidine rings is 1. The minimum absolute atomic E-state index is 0.0914. The molecule has 11 nitrogen and oxygen atoms in total. The van der Waals surface area contributed by atoms with Crippen molar-refractivity contribution >= 4 is 34.8 Å². The van der Waals surface area contributed by atoms with E-state index >= 15 is 0 Å². The largest absolute Gasteiger partial charge is 0.465 e. The highest BCUT2D eigenvalue weighted by atomic mass is 19.1. The number of aliphatic hydroxyl groups excluding tert-OH is 1. The van der Waals surface area contributed by atoms with Gasteiger partial charge in [-0.3, -0.25) is 14.2 Å². The van der Waals surface area contributed by atoms with Gasteiger partial charge < -0.3 is 20.4 Å². The van der Waals surface area contributed by atoms with E-state index in [1.54, 1.807) is 49.2 Å². The fourth-order valence-electron chi connectivity index (χ4n) is 4.88. The van der Waals surface area contributed by atoms with Gasteiger partial charge in [-0.2, -0.15) is 0 Å². The van der Waals surface area contributed by atoms with Crippen LogP contribution in [0.5, 0.6) is 0 Å². The number of alkyl halides is 1. The highest BCUT2D eigenvalue weighted by Gasteiger charge is 2.37. The predicted molar refractivity (Wildman–Crippen MR) is 132 cm³/mol. The monoisotopic (exact) mass is 503 g/mol. The topological polar surface area (TPSA) is 136 Å². The zero-order chi connectivity index (χ0) is 25.7. The second kappa shape index (κ2) is 8.82. The summed E-state index contributed by atoms with van der Waals surface area (Å²) in [4.78, 5) is 40.4. The molecule has 6 rings (SSSR count). The van der Waals surface area contributed by atoms with E-state index in [2.05, 4.69) is 20.3 Å². The number of nitrogens with one attached hydrogen (secondary N) is 1. The second-order valence-electron chi connectivity index (χ2n) is 8.98. The van der Waals surface area contributed by atoms with Crippen LogP contribution in [0.3, 0.4) is 0 Å². The van der Waals surface area contributed by atoms with E-state index < -0.39 is 24.3 Å². The van der Waals surface area contributed by atoms with Crippen LogP contribution in [0.4, 0.5) is 26.4 Å². The summed E-state index contributed by atoms with van der Waals surface area (Å²) in [7, 11) is 0. The number of carbonyl (C=O) groups excluding carboxylic acids is 1. The summed E-state index contributed by atoms with van der Waals surface area (Å²) in [5.74, 6) is -0.177. The molecule has 1 fully saturated rings. The number of imide groups is 1. The number of aromatic nitrogens is 4. The first-order valence-corrected chi connectivity index (χ1v) is 11.7. The molecule has 2 aliphatic heterocycles. The number of hydrogen-bond acceptors (Lipinski definition) is 8. The van der Waals surface area contributed by atoms with E-state index in [0.29, 0.717) is 40.5 Å². The average Bonchev–Trinajstić information content (AvgIpc) is 3.48. The number of halogens is 1. The van der Waals surface area contributed by atoms with Gasteiger partial charge in [-0.25, -0.2) is 24.1 Å². The molecule has 4 aromatic rings. The van der Waals surface area contributed by atoms with Crippen molar-refractivity contribution in [1.82, 2.24) is 24.3 Å². The Morgan fingerprint density at radius 2 is 2.00 bits per heavy atom. The number of anilines is 3. The van der Waals surface area contributed by atoms with Crippen molar-refractivity contribution in [1.29, 1.82) is 0 Å². The van der Waals surface area contributed by atoms with Crippen molar-refractivity contribution in [3.8, 4) is 11.3 Å². The van der Waals surface area contributed by atoms with Crippen LogP contribution in [0.25, 0.3) is 16.9 Å². The summed E-state index contributed by atoms with van der Waals surface area (Å²) in [5.41, 5.74) is 4.01. The number of carbonyl (C=O) groups is 2. The van der Waals surface area contributed by atoms with Gasteiger partial charge in [-0.05, 0) is 30.2 Å². The standard InChI is InChI=1S/C25H22FN7O4/c26-17-5-7-31(13-20(17)34)14-1-4-21(28-9-14)30-18-3-2-15(16-12-33(25(36)37)24(35)23(16)18)19-10-29-22-11-27-6-8-32(19)22/h1-4,6,8-11,17,20,34H,5,7,12-13H2,(H,28,30)(H,36,37)/t17-,20-/m0/s1. The van der Waals surface area contributed by atoms with Crippen LogP contribution in [0.1, 0.15) is 22.3 Å². The quantitative estimate of drug-likeness (QED) is 0.384. The molecule has 2 amide bonds. The first kappa shape index (κ1) is 22.9. The van der Waals surface area contributed by atoms with Crippen LogP contribution < -0.4 is 10.2 Å². The van der Waals surface area contributed by atoms with Gasteiger partial charge in [0.15, 0.2) is 5.65 Å². The third-order valence-electron chi connectivity index (χ3n) is 6.79. The molecule has 0 radical (unpaired) electrons. The molecule has 5 heterocycles. The normalized spacial score (nSPS) is 19.4. The summed E-state index contributed by atoms with van der Waals surface area (Å²) in [6.07, 6.45) is 4.91. The summed E-state index contributed by atoms with van der Waals surface area (Å²) in [6, 6.07) is 7.05.